The zero-order valence-electron chi connectivity index (χ0n) is 8.86. The summed E-state index contributed by atoms with van der Waals surface area (Å²) in [6, 6.07) is 5.64. The third kappa shape index (κ3) is 3.00. The van der Waals surface area contributed by atoms with Crippen LogP contribution in [0, 0.1) is 0 Å². The van der Waals surface area contributed by atoms with E-state index in [2.05, 4.69) is 12.2 Å². The van der Waals surface area contributed by atoms with Gasteiger partial charge in [0.2, 0.25) is 0 Å². The Morgan fingerprint density at radius 2 is 2.29 bits per heavy atom. The molecule has 0 aromatic carbocycles. The monoisotopic (exact) mass is 194 g/mol. The molecule has 0 saturated carbocycles. The van der Waals surface area contributed by atoms with E-state index >= 15 is 0 Å². The Balaban J connectivity index is 2.67. The van der Waals surface area contributed by atoms with Gasteiger partial charge in [-0.3, -0.25) is 4.79 Å². The van der Waals surface area contributed by atoms with Crippen molar-refractivity contribution in [1.82, 2.24) is 9.88 Å². The molecule has 0 aliphatic rings. The summed E-state index contributed by atoms with van der Waals surface area (Å²) in [5.74, 6) is 0. The smallest absolute Gasteiger partial charge is 0.250 e. The molecule has 3 nitrogen and oxygen atoms in total. The molecule has 1 rings (SSSR count). The molecule has 1 aromatic rings. The molecule has 1 atom stereocenters. The minimum absolute atomic E-state index is 0.0730. The lowest BCUT2D eigenvalue weighted by molar-refractivity contribution is 0.442. The van der Waals surface area contributed by atoms with Crippen molar-refractivity contribution in [2.24, 2.45) is 0 Å². The van der Waals surface area contributed by atoms with Crippen molar-refractivity contribution in [1.29, 1.82) is 0 Å². The highest BCUT2D eigenvalue weighted by molar-refractivity contribution is 4.93. The van der Waals surface area contributed by atoms with Gasteiger partial charge >= 0.3 is 0 Å². The van der Waals surface area contributed by atoms with Crippen LogP contribution in [0.3, 0.4) is 0 Å². The lowest BCUT2D eigenvalue weighted by atomic mass is 10.1. The summed E-state index contributed by atoms with van der Waals surface area (Å²) in [4.78, 5) is 11.4. The fraction of sp³-hybridized carbons (Fsp3) is 0.545. The van der Waals surface area contributed by atoms with Gasteiger partial charge in [-0.1, -0.05) is 19.4 Å². The van der Waals surface area contributed by atoms with Crippen molar-refractivity contribution in [2.75, 3.05) is 7.05 Å². The van der Waals surface area contributed by atoms with Gasteiger partial charge in [-0.05, 0) is 19.5 Å². The minimum Gasteiger partial charge on any atom is -0.315 e. The average molecular weight is 194 g/mol. The number of rotatable bonds is 5. The van der Waals surface area contributed by atoms with E-state index in [1.165, 1.54) is 0 Å². The highest BCUT2D eigenvalue weighted by Crippen LogP contribution is 1.98. The van der Waals surface area contributed by atoms with Gasteiger partial charge in [-0.15, -0.1) is 0 Å². The number of pyridine rings is 1. The quantitative estimate of drug-likeness (QED) is 0.765. The van der Waals surface area contributed by atoms with Gasteiger partial charge < -0.3 is 9.88 Å². The molecule has 0 aliphatic carbocycles. The van der Waals surface area contributed by atoms with Gasteiger partial charge in [-0.2, -0.15) is 0 Å². The van der Waals surface area contributed by atoms with Crippen molar-refractivity contribution in [3.63, 3.8) is 0 Å². The highest BCUT2D eigenvalue weighted by atomic mass is 16.1. The van der Waals surface area contributed by atoms with Crippen molar-refractivity contribution in [2.45, 2.75) is 32.4 Å². The summed E-state index contributed by atoms with van der Waals surface area (Å²) in [6.45, 7) is 2.90. The maximum atomic E-state index is 11.4. The third-order valence-electron chi connectivity index (χ3n) is 2.36. The summed E-state index contributed by atoms with van der Waals surface area (Å²) in [5.41, 5.74) is 0.0730. The van der Waals surface area contributed by atoms with Crippen molar-refractivity contribution in [3.8, 4) is 0 Å². The molecule has 0 amide bonds. The maximum absolute atomic E-state index is 11.4. The van der Waals surface area contributed by atoms with Gasteiger partial charge in [0, 0.05) is 24.8 Å². The van der Waals surface area contributed by atoms with Crippen molar-refractivity contribution < 1.29 is 0 Å². The van der Waals surface area contributed by atoms with Gasteiger partial charge in [0.25, 0.3) is 5.56 Å². The Kier molecular flexibility index (Phi) is 4.40. The molecular weight excluding hydrogens is 176 g/mol. The van der Waals surface area contributed by atoms with Crippen LogP contribution in [0.5, 0.6) is 0 Å². The number of hydrogen-bond acceptors (Lipinski definition) is 2. The van der Waals surface area contributed by atoms with Crippen LogP contribution < -0.4 is 10.9 Å². The average Bonchev–Trinajstić information content (AvgIpc) is 2.20. The number of hydrogen-bond donors (Lipinski definition) is 1. The predicted octanol–water partition coefficient (Wildman–Crippen LogP) is 1.24. The number of nitrogens with zero attached hydrogens (tertiary/aromatic N) is 1. The van der Waals surface area contributed by atoms with Crippen LogP contribution in [0.1, 0.15) is 19.8 Å². The van der Waals surface area contributed by atoms with Gasteiger partial charge in [0.05, 0.1) is 0 Å². The number of aromatic nitrogens is 1. The molecule has 0 fully saturated rings. The standard InChI is InChI=1S/C11H18N2O/c1-3-6-10(12-2)9-13-8-5-4-7-11(13)14/h4-5,7-8,10,12H,3,6,9H2,1-2H3. The zero-order chi connectivity index (χ0) is 10.4. The van der Waals surface area contributed by atoms with E-state index in [-0.39, 0.29) is 5.56 Å². The first-order valence-corrected chi connectivity index (χ1v) is 5.10. The summed E-state index contributed by atoms with van der Waals surface area (Å²) in [6.07, 6.45) is 4.06. The van der Waals surface area contributed by atoms with E-state index in [0.717, 1.165) is 19.4 Å². The summed E-state index contributed by atoms with van der Waals surface area (Å²) in [5, 5.41) is 3.22. The van der Waals surface area contributed by atoms with E-state index in [1.807, 2.05) is 19.3 Å². The van der Waals surface area contributed by atoms with E-state index in [9.17, 15) is 4.79 Å². The second kappa shape index (κ2) is 5.60. The molecule has 1 N–H and O–H groups in total. The van der Waals surface area contributed by atoms with Crippen LogP contribution in [-0.4, -0.2) is 17.7 Å². The molecule has 0 radical (unpaired) electrons. The first-order chi connectivity index (χ1) is 6.77. The van der Waals surface area contributed by atoms with Crippen LogP contribution in [0.2, 0.25) is 0 Å². The first kappa shape index (κ1) is 11.0. The van der Waals surface area contributed by atoms with Crippen LogP contribution >= 0.6 is 0 Å². The normalized spacial score (nSPS) is 12.7. The summed E-state index contributed by atoms with van der Waals surface area (Å²) >= 11 is 0. The molecule has 0 saturated heterocycles. The highest BCUT2D eigenvalue weighted by Gasteiger charge is 2.05. The molecule has 1 aromatic heterocycles. The Labute approximate surface area is 84.8 Å². The first-order valence-electron chi connectivity index (χ1n) is 5.10. The van der Waals surface area contributed by atoms with Gasteiger partial charge in [0.1, 0.15) is 0 Å². The van der Waals surface area contributed by atoms with E-state index in [0.29, 0.717) is 6.04 Å². The van der Waals surface area contributed by atoms with E-state index in [1.54, 1.807) is 16.7 Å². The molecule has 1 unspecified atom stereocenters. The molecule has 0 bridgehead atoms. The fourth-order valence-electron chi connectivity index (χ4n) is 1.52. The Hall–Kier alpha value is -1.09. The van der Waals surface area contributed by atoms with Crippen LogP contribution in [0.25, 0.3) is 0 Å². The van der Waals surface area contributed by atoms with Gasteiger partial charge in [-0.25, -0.2) is 0 Å². The largest absolute Gasteiger partial charge is 0.315 e. The summed E-state index contributed by atoms with van der Waals surface area (Å²) in [7, 11) is 1.94. The minimum atomic E-state index is 0.0730. The van der Waals surface area contributed by atoms with E-state index < -0.39 is 0 Å². The van der Waals surface area contributed by atoms with E-state index in [4.69, 9.17) is 0 Å². The van der Waals surface area contributed by atoms with Gasteiger partial charge in [0.15, 0.2) is 0 Å². The third-order valence-corrected chi connectivity index (χ3v) is 2.36. The number of likely N-dealkylation sites (N-methyl/N-ethyl adjacent to an activating group) is 1. The SMILES string of the molecule is CCCC(Cn1ccccc1=O)NC. The molecule has 14 heavy (non-hydrogen) atoms. The summed E-state index contributed by atoms with van der Waals surface area (Å²) < 4.78 is 1.75. The second-order valence-corrected chi connectivity index (χ2v) is 3.47. The second-order valence-electron chi connectivity index (χ2n) is 3.47. The Bertz CT molecular complexity index is 319. The Morgan fingerprint density at radius 3 is 2.86 bits per heavy atom. The lowest BCUT2D eigenvalue weighted by Gasteiger charge is -2.16. The van der Waals surface area contributed by atoms with Crippen LogP contribution in [0.15, 0.2) is 29.2 Å². The predicted molar refractivity (Wildman–Crippen MR) is 58.5 cm³/mol. The fourth-order valence-corrected chi connectivity index (χ4v) is 1.52. The molecule has 3 heteroatoms. The lowest BCUT2D eigenvalue weighted by Crippen LogP contribution is -2.33. The zero-order valence-corrected chi connectivity index (χ0v) is 8.86. The van der Waals surface area contributed by atoms with Crippen LogP contribution in [-0.2, 0) is 6.54 Å². The molecule has 0 spiro atoms. The van der Waals surface area contributed by atoms with Crippen molar-refractivity contribution in [3.05, 3.63) is 34.7 Å². The number of nitrogens with one attached hydrogen (secondary N) is 1. The maximum Gasteiger partial charge on any atom is 0.250 e. The van der Waals surface area contributed by atoms with Crippen LogP contribution in [0.4, 0.5) is 0 Å². The Morgan fingerprint density at radius 1 is 1.50 bits per heavy atom. The molecule has 0 aliphatic heterocycles. The van der Waals surface area contributed by atoms with Crippen molar-refractivity contribution >= 4 is 0 Å². The topological polar surface area (TPSA) is 34.0 Å². The molecule has 1 heterocycles. The molecular formula is C11H18N2O. The molecule has 78 valence electrons.